The molecule has 1 rings (SSSR count). The fourth-order valence-electron chi connectivity index (χ4n) is 0.998. The van der Waals surface area contributed by atoms with Crippen LogP contribution in [-0.4, -0.2) is 37.4 Å². The van der Waals surface area contributed by atoms with Crippen LogP contribution in [0.3, 0.4) is 0 Å². The Labute approximate surface area is 82.7 Å². The molecule has 0 radical (unpaired) electrons. The van der Waals surface area contributed by atoms with Gasteiger partial charge in [-0.3, -0.25) is 9.59 Å². The van der Waals surface area contributed by atoms with Gasteiger partial charge in [0.2, 0.25) is 11.8 Å². The zero-order valence-corrected chi connectivity index (χ0v) is 8.33. The van der Waals surface area contributed by atoms with Crippen LogP contribution in [0, 0.1) is 16.7 Å². The number of carbonyl (C=O) groups is 2. The lowest BCUT2D eigenvalue weighted by Crippen LogP contribution is -2.39. The Morgan fingerprint density at radius 2 is 2.07 bits per heavy atom. The predicted octanol–water partition coefficient (Wildman–Crippen LogP) is -0.505. The van der Waals surface area contributed by atoms with Crippen molar-refractivity contribution in [2.45, 2.75) is 12.8 Å². The number of hydrogen-bond acceptors (Lipinski definition) is 3. The highest BCUT2D eigenvalue weighted by atomic mass is 16.2. The fraction of sp³-hybridized carbons (Fsp3) is 0.667. The van der Waals surface area contributed by atoms with Gasteiger partial charge in [-0.1, -0.05) is 0 Å². The maximum atomic E-state index is 11.4. The summed E-state index contributed by atoms with van der Waals surface area (Å²) in [6, 6.07) is 1.97. The Balaban J connectivity index is 2.37. The van der Waals surface area contributed by atoms with Crippen LogP contribution in [0.15, 0.2) is 0 Å². The van der Waals surface area contributed by atoms with Crippen LogP contribution in [0.25, 0.3) is 0 Å². The lowest BCUT2D eigenvalue weighted by Gasteiger charge is -2.12. The predicted molar refractivity (Wildman–Crippen MR) is 49.0 cm³/mol. The first-order valence-corrected chi connectivity index (χ1v) is 4.41. The SMILES string of the molecule is CN(C)C(=O)CNC(=O)C1(C#N)CC1. The molecule has 14 heavy (non-hydrogen) atoms. The van der Waals surface area contributed by atoms with E-state index in [0.717, 1.165) is 0 Å². The van der Waals surface area contributed by atoms with E-state index in [0.29, 0.717) is 12.8 Å². The molecule has 0 heterocycles. The van der Waals surface area contributed by atoms with Crippen molar-refractivity contribution >= 4 is 11.8 Å². The average Bonchev–Trinajstić information content (AvgIpc) is 2.93. The van der Waals surface area contributed by atoms with Gasteiger partial charge in [-0.25, -0.2) is 0 Å². The zero-order valence-electron chi connectivity index (χ0n) is 8.33. The molecule has 1 N–H and O–H groups in total. The van der Waals surface area contributed by atoms with Gasteiger partial charge in [-0.15, -0.1) is 0 Å². The average molecular weight is 195 g/mol. The van der Waals surface area contributed by atoms with E-state index in [-0.39, 0.29) is 18.4 Å². The number of likely N-dealkylation sites (N-methyl/N-ethyl adjacent to an activating group) is 1. The van der Waals surface area contributed by atoms with E-state index in [1.54, 1.807) is 14.1 Å². The minimum atomic E-state index is -0.841. The number of nitrogens with zero attached hydrogens (tertiary/aromatic N) is 2. The third-order valence-corrected chi connectivity index (χ3v) is 2.30. The van der Waals surface area contributed by atoms with Crippen LogP contribution < -0.4 is 5.32 Å². The Bertz CT molecular complexity index is 300. The maximum Gasteiger partial charge on any atom is 0.241 e. The third kappa shape index (κ3) is 2.02. The highest BCUT2D eigenvalue weighted by molar-refractivity contribution is 5.91. The van der Waals surface area contributed by atoms with Crippen molar-refractivity contribution in [3.05, 3.63) is 0 Å². The first-order chi connectivity index (χ1) is 6.52. The molecule has 5 nitrogen and oxygen atoms in total. The quantitative estimate of drug-likeness (QED) is 0.659. The lowest BCUT2D eigenvalue weighted by atomic mass is 10.1. The Kier molecular flexibility index (Phi) is 2.75. The van der Waals surface area contributed by atoms with Crippen LogP contribution in [0.1, 0.15) is 12.8 Å². The van der Waals surface area contributed by atoms with Gasteiger partial charge in [0, 0.05) is 14.1 Å². The summed E-state index contributed by atoms with van der Waals surface area (Å²) in [5.41, 5.74) is -0.841. The number of carbonyl (C=O) groups excluding carboxylic acids is 2. The van der Waals surface area contributed by atoms with E-state index in [1.807, 2.05) is 6.07 Å². The monoisotopic (exact) mass is 195 g/mol. The van der Waals surface area contributed by atoms with Gasteiger partial charge in [0.15, 0.2) is 0 Å². The van der Waals surface area contributed by atoms with Gasteiger partial charge in [-0.05, 0) is 12.8 Å². The first kappa shape index (κ1) is 10.5. The molecule has 1 aliphatic rings. The summed E-state index contributed by atoms with van der Waals surface area (Å²) < 4.78 is 0. The number of nitriles is 1. The first-order valence-electron chi connectivity index (χ1n) is 4.41. The van der Waals surface area contributed by atoms with Crippen molar-refractivity contribution in [3.63, 3.8) is 0 Å². The molecular formula is C9H13N3O2. The van der Waals surface area contributed by atoms with Crippen molar-refractivity contribution in [1.29, 1.82) is 5.26 Å². The number of amides is 2. The molecule has 1 aliphatic carbocycles. The molecule has 0 bridgehead atoms. The second-order valence-corrected chi connectivity index (χ2v) is 3.66. The Morgan fingerprint density at radius 1 is 1.50 bits per heavy atom. The summed E-state index contributed by atoms with van der Waals surface area (Å²) in [5, 5.41) is 11.2. The molecule has 0 atom stereocenters. The topological polar surface area (TPSA) is 73.2 Å². The molecule has 0 unspecified atom stereocenters. The Hall–Kier alpha value is -1.57. The molecule has 76 valence electrons. The molecule has 1 saturated carbocycles. The maximum absolute atomic E-state index is 11.4. The lowest BCUT2D eigenvalue weighted by molar-refractivity contribution is -0.132. The molecule has 2 amide bonds. The smallest absolute Gasteiger partial charge is 0.241 e. The van der Waals surface area contributed by atoms with Crippen LogP contribution >= 0.6 is 0 Å². The van der Waals surface area contributed by atoms with Crippen molar-refractivity contribution in [2.24, 2.45) is 5.41 Å². The van der Waals surface area contributed by atoms with Gasteiger partial charge in [0.1, 0.15) is 5.41 Å². The van der Waals surface area contributed by atoms with Crippen LogP contribution in [0.2, 0.25) is 0 Å². The molecule has 0 saturated heterocycles. The molecular weight excluding hydrogens is 182 g/mol. The van der Waals surface area contributed by atoms with Gasteiger partial charge < -0.3 is 10.2 Å². The summed E-state index contributed by atoms with van der Waals surface area (Å²) in [4.78, 5) is 23.9. The van der Waals surface area contributed by atoms with E-state index in [1.165, 1.54) is 4.90 Å². The highest BCUT2D eigenvalue weighted by Gasteiger charge is 2.50. The van der Waals surface area contributed by atoms with Crippen molar-refractivity contribution < 1.29 is 9.59 Å². The third-order valence-electron chi connectivity index (χ3n) is 2.30. The van der Waals surface area contributed by atoms with Gasteiger partial charge in [0.25, 0.3) is 0 Å². The van der Waals surface area contributed by atoms with Crippen molar-refractivity contribution in [2.75, 3.05) is 20.6 Å². The minimum Gasteiger partial charge on any atom is -0.347 e. The van der Waals surface area contributed by atoms with E-state index in [4.69, 9.17) is 5.26 Å². The molecule has 0 aliphatic heterocycles. The van der Waals surface area contributed by atoms with E-state index >= 15 is 0 Å². The number of hydrogen-bond donors (Lipinski definition) is 1. The Morgan fingerprint density at radius 3 is 2.43 bits per heavy atom. The van der Waals surface area contributed by atoms with Crippen LogP contribution in [0.4, 0.5) is 0 Å². The summed E-state index contributed by atoms with van der Waals surface area (Å²) in [7, 11) is 3.23. The molecule has 5 heteroatoms. The van der Waals surface area contributed by atoms with Crippen molar-refractivity contribution in [3.8, 4) is 6.07 Å². The van der Waals surface area contributed by atoms with Crippen LogP contribution in [0.5, 0.6) is 0 Å². The summed E-state index contributed by atoms with van der Waals surface area (Å²) in [6.45, 7) is -0.0325. The van der Waals surface area contributed by atoms with E-state index in [9.17, 15) is 9.59 Å². The van der Waals surface area contributed by atoms with Crippen molar-refractivity contribution in [1.82, 2.24) is 10.2 Å². The van der Waals surface area contributed by atoms with Gasteiger partial charge in [0.05, 0.1) is 12.6 Å². The molecule has 0 aromatic heterocycles. The summed E-state index contributed by atoms with van der Waals surface area (Å²) in [6.07, 6.45) is 1.21. The molecule has 1 fully saturated rings. The van der Waals surface area contributed by atoms with Gasteiger partial charge >= 0.3 is 0 Å². The zero-order chi connectivity index (χ0) is 10.8. The largest absolute Gasteiger partial charge is 0.347 e. The highest BCUT2D eigenvalue weighted by Crippen LogP contribution is 2.44. The minimum absolute atomic E-state index is 0.0325. The number of nitrogens with one attached hydrogen (secondary N) is 1. The standard InChI is InChI=1S/C9H13N3O2/c1-12(2)7(13)5-11-8(14)9(6-10)3-4-9/h3-5H2,1-2H3,(H,11,14). The fourth-order valence-corrected chi connectivity index (χ4v) is 0.998. The molecule has 0 aromatic carbocycles. The summed E-state index contributed by atoms with van der Waals surface area (Å²) in [5.74, 6) is -0.498. The second kappa shape index (κ2) is 3.66. The van der Waals surface area contributed by atoms with Crippen LogP contribution in [-0.2, 0) is 9.59 Å². The second-order valence-electron chi connectivity index (χ2n) is 3.66. The number of rotatable bonds is 3. The van der Waals surface area contributed by atoms with E-state index in [2.05, 4.69) is 5.32 Å². The summed E-state index contributed by atoms with van der Waals surface area (Å²) >= 11 is 0. The molecule has 0 aromatic rings. The van der Waals surface area contributed by atoms with Gasteiger partial charge in [-0.2, -0.15) is 5.26 Å². The normalized spacial score (nSPS) is 16.6. The van der Waals surface area contributed by atoms with E-state index < -0.39 is 5.41 Å². The molecule has 0 spiro atoms.